The molecule has 73 heavy (non-hydrogen) atoms. The van der Waals surface area contributed by atoms with Crippen molar-refractivity contribution in [1.29, 1.82) is 0 Å². The first-order valence-corrected chi connectivity index (χ1v) is 26.6. The number of aliphatic imine (C=N–C) groups is 2. The summed E-state index contributed by atoms with van der Waals surface area (Å²) in [5.74, 6) is 3.03. The lowest BCUT2D eigenvalue weighted by Gasteiger charge is -2.32. The van der Waals surface area contributed by atoms with E-state index in [1.165, 1.54) is 47.8 Å². The quantitative estimate of drug-likeness (QED) is 0.117. The molecule has 390 valence electrons. The molecule has 1 amide bonds. The topological polar surface area (TPSA) is 148 Å². The maximum Gasteiger partial charge on any atom is 0.326 e. The molecule has 0 bridgehead atoms. The largest absolute Gasteiger partial charge is 0.370 e. The summed E-state index contributed by atoms with van der Waals surface area (Å²) < 4.78 is 3.86. The van der Waals surface area contributed by atoms with Gasteiger partial charge in [-0.05, 0) is 97.9 Å². The van der Waals surface area contributed by atoms with Crippen molar-refractivity contribution in [3.8, 4) is 0 Å². The SMILES string of the molecule is C.C.CC.CC.O=C(CN1CCC(n2c(=O)[nH]c3ccccc32)CC1)NC1=N[C@@H]2CCc3ccccc3[C@@H]2C1.O=c1[nH]c2ccccc2n1C1CCN(CCN=C2C[C@H]3c4ccccc4CC[C@H]3N2)CC1.[B]C. The monoisotopic (exact) mass is 991 g/mol. The van der Waals surface area contributed by atoms with E-state index in [4.69, 9.17) is 9.98 Å². The summed E-state index contributed by atoms with van der Waals surface area (Å²) in [4.78, 5) is 58.2. The second kappa shape index (κ2) is 26.8. The molecule has 2 radical (unpaired) electrons. The third-order valence-corrected chi connectivity index (χ3v) is 15.3. The van der Waals surface area contributed by atoms with Crippen LogP contribution in [0.4, 0.5) is 0 Å². The fourth-order valence-electron chi connectivity index (χ4n) is 12.0. The first kappa shape index (κ1) is 56.3. The molecule has 0 spiro atoms. The Morgan fingerprint density at radius 2 is 1.14 bits per heavy atom. The molecule has 3 saturated heterocycles. The number of H-pyrrole nitrogens is 2. The van der Waals surface area contributed by atoms with Gasteiger partial charge < -0.3 is 25.5 Å². The minimum Gasteiger partial charge on any atom is -0.370 e. The van der Waals surface area contributed by atoms with Gasteiger partial charge in [-0.2, -0.15) is 0 Å². The highest BCUT2D eigenvalue weighted by Crippen LogP contribution is 2.40. The van der Waals surface area contributed by atoms with Crippen molar-refractivity contribution < 1.29 is 4.79 Å². The predicted octanol–water partition coefficient (Wildman–Crippen LogP) is 9.97. The van der Waals surface area contributed by atoms with Gasteiger partial charge >= 0.3 is 11.4 Å². The molecule has 4 aromatic carbocycles. The number of carbonyl (C=O) groups is 1. The van der Waals surface area contributed by atoms with Crippen LogP contribution in [-0.4, -0.2) is 112 Å². The van der Waals surface area contributed by atoms with Gasteiger partial charge in [-0.3, -0.25) is 28.8 Å². The highest BCUT2D eigenvalue weighted by atomic mass is 16.2. The molecule has 12 rings (SSSR count). The van der Waals surface area contributed by atoms with E-state index in [9.17, 15) is 14.4 Å². The molecule has 4 N–H and O–H groups in total. The number of rotatable bonds is 7. The number of likely N-dealkylation sites (tertiary alicyclic amines) is 2. The number of amides is 1. The number of amidine groups is 2. The van der Waals surface area contributed by atoms with E-state index in [-0.39, 0.29) is 44.2 Å². The van der Waals surface area contributed by atoms with Crippen molar-refractivity contribution in [3.63, 3.8) is 0 Å². The number of para-hydroxylation sites is 4. The number of hydrogen-bond acceptors (Lipinski definition) is 7. The summed E-state index contributed by atoms with van der Waals surface area (Å²) in [6.45, 7) is 15.4. The van der Waals surface area contributed by atoms with Gasteiger partial charge in [-0.1, -0.05) is 122 Å². The lowest BCUT2D eigenvalue weighted by Crippen LogP contribution is -2.44. The van der Waals surface area contributed by atoms with E-state index in [2.05, 4.69) is 86.8 Å². The predicted molar refractivity (Wildman–Crippen MR) is 305 cm³/mol. The highest BCUT2D eigenvalue weighted by Gasteiger charge is 2.37. The van der Waals surface area contributed by atoms with Crippen molar-refractivity contribution >= 4 is 47.5 Å². The number of nitrogens with one attached hydrogen (secondary N) is 4. The Balaban J connectivity index is 0.000000211. The van der Waals surface area contributed by atoms with Crippen LogP contribution in [-0.2, 0) is 17.6 Å². The Kier molecular flexibility index (Phi) is 20.7. The molecule has 13 nitrogen and oxygen atoms in total. The zero-order chi connectivity index (χ0) is 49.9. The summed E-state index contributed by atoms with van der Waals surface area (Å²) >= 11 is 0. The molecule has 14 heteroatoms. The molecule has 2 aliphatic carbocycles. The molecule has 4 aliphatic heterocycles. The van der Waals surface area contributed by atoms with E-state index >= 15 is 0 Å². The van der Waals surface area contributed by atoms with Gasteiger partial charge in [0.15, 0.2) is 0 Å². The average Bonchev–Trinajstić information content (AvgIpc) is 4.21. The molecule has 4 atom stereocenters. The molecular formula is C59H83BN10O3. The van der Waals surface area contributed by atoms with Crippen molar-refractivity contribution in [2.75, 3.05) is 45.8 Å². The normalized spacial score (nSPS) is 21.7. The van der Waals surface area contributed by atoms with E-state index in [0.717, 1.165) is 119 Å². The second-order valence-electron chi connectivity index (χ2n) is 19.1. The summed E-state index contributed by atoms with van der Waals surface area (Å²) in [5, 5.41) is 6.80. The smallest absolute Gasteiger partial charge is 0.326 e. The van der Waals surface area contributed by atoms with Crippen LogP contribution in [0.3, 0.4) is 0 Å². The van der Waals surface area contributed by atoms with Gasteiger partial charge in [-0.25, -0.2) is 9.59 Å². The van der Waals surface area contributed by atoms with Crippen molar-refractivity contribution in [1.82, 2.24) is 39.5 Å². The summed E-state index contributed by atoms with van der Waals surface area (Å²) in [6.07, 6.45) is 10.1. The molecule has 3 fully saturated rings. The van der Waals surface area contributed by atoms with Crippen molar-refractivity contribution in [3.05, 3.63) is 140 Å². The average molecular weight is 991 g/mol. The Bertz CT molecular complexity index is 2880. The Labute approximate surface area is 435 Å². The molecule has 2 aromatic heterocycles. The Morgan fingerprint density at radius 1 is 0.644 bits per heavy atom. The highest BCUT2D eigenvalue weighted by molar-refractivity contribution is 6.05. The summed E-state index contributed by atoms with van der Waals surface area (Å²) in [6, 6.07) is 34.7. The van der Waals surface area contributed by atoms with Crippen molar-refractivity contribution in [2.24, 2.45) is 9.98 Å². The second-order valence-corrected chi connectivity index (χ2v) is 19.1. The lowest BCUT2D eigenvalue weighted by molar-refractivity contribution is -0.121. The molecular weight excluding hydrogens is 908 g/mol. The molecule has 0 unspecified atom stereocenters. The van der Waals surface area contributed by atoms with E-state index in [1.54, 1.807) is 0 Å². The van der Waals surface area contributed by atoms with Crippen LogP contribution in [0.25, 0.3) is 22.1 Å². The van der Waals surface area contributed by atoms with Gasteiger partial charge in [0.05, 0.1) is 54.9 Å². The summed E-state index contributed by atoms with van der Waals surface area (Å²) in [5.41, 5.74) is 9.65. The number of carbonyl (C=O) groups excluding carboxylic acids is 1. The van der Waals surface area contributed by atoms with Gasteiger partial charge in [0.1, 0.15) is 5.84 Å². The number of fused-ring (bicyclic) bond motifs is 8. The number of aromatic amines is 2. The lowest BCUT2D eigenvalue weighted by atomic mass is 9.79. The van der Waals surface area contributed by atoms with Crippen LogP contribution in [0.1, 0.15) is 140 Å². The molecule has 6 aromatic rings. The van der Waals surface area contributed by atoms with Crippen LogP contribution in [0.5, 0.6) is 0 Å². The zero-order valence-electron chi connectivity index (χ0n) is 42.7. The van der Waals surface area contributed by atoms with Crippen LogP contribution in [0.2, 0.25) is 6.82 Å². The van der Waals surface area contributed by atoms with E-state index in [0.29, 0.717) is 30.5 Å². The van der Waals surface area contributed by atoms with Crippen LogP contribution in [0, 0.1) is 0 Å². The number of imidazole rings is 2. The van der Waals surface area contributed by atoms with Crippen LogP contribution in [0.15, 0.2) is 117 Å². The fourth-order valence-corrected chi connectivity index (χ4v) is 12.0. The Hall–Kier alpha value is -5.99. The van der Waals surface area contributed by atoms with E-state index in [1.807, 2.05) is 85.4 Å². The number of benzene rings is 4. The minimum atomic E-state index is -0.0466. The molecule has 6 aliphatic rings. The third kappa shape index (κ3) is 12.7. The number of piperidine rings is 2. The number of hydrogen-bond donors (Lipinski definition) is 4. The van der Waals surface area contributed by atoms with Crippen molar-refractivity contribution in [2.45, 2.75) is 150 Å². The zero-order valence-corrected chi connectivity index (χ0v) is 42.7. The first-order chi connectivity index (χ1) is 34.9. The molecule has 0 saturated carbocycles. The number of nitrogens with zero attached hydrogens (tertiary/aromatic N) is 6. The maximum absolute atomic E-state index is 12.8. The van der Waals surface area contributed by atoms with Gasteiger partial charge in [0.2, 0.25) is 5.91 Å². The minimum absolute atomic E-state index is 0. The Morgan fingerprint density at radius 3 is 1.71 bits per heavy atom. The van der Waals surface area contributed by atoms with Gasteiger partial charge in [-0.15, -0.1) is 0 Å². The first-order valence-electron chi connectivity index (χ1n) is 26.6. The third-order valence-electron chi connectivity index (χ3n) is 15.3. The van der Waals surface area contributed by atoms with Crippen LogP contribution < -0.4 is 22.0 Å². The number of aryl methyl sites for hydroxylation is 2. The van der Waals surface area contributed by atoms with E-state index < -0.39 is 0 Å². The fraction of sp³-hybridized carbons (Fsp3) is 0.508. The number of aromatic nitrogens is 4. The maximum atomic E-state index is 12.8. The van der Waals surface area contributed by atoms with Gasteiger partial charge in [0, 0.05) is 75.5 Å². The molecule has 6 heterocycles. The van der Waals surface area contributed by atoms with Crippen LogP contribution >= 0.6 is 0 Å². The van der Waals surface area contributed by atoms with Gasteiger partial charge in [0.25, 0.3) is 0 Å². The summed E-state index contributed by atoms with van der Waals surface area (Å²) in [7, 11) is 4.50. The standard InChI is InChI=1S/C26H29N5O2.C26H31N5O.2C2H6.CH3B.2CH4/c32-25(29-24-15-20-19-6-2-1-5-17(19)9-10-21(20)27-24)16-30-13-11-18(12-14-30)31-23-8-4-3-7-22(23)28-26(31)33;32-26-29-23-7-3-4-8-24(23)31(26)19-11-14-30(15-12-19)16-13-27-25-17-21-20-6-2-1-5-18(20)9-10-22(21)28-25;3*1-2;;/h1-8,18,20-21H,9-16H2,(H,28,33)(H,27,29,32);1-8,19,21-22H,9-17H2,(H,27,28)(H,29,32);2*1-2H3;1H3;2*1H4/t20-,21+;21-,22+;;;;;/m00...../s1.